The molecule has 0 saturated carbocycles. The van der Waals surface area contributed by atoms with Crippen molar-refractivity contribution >= 4 is 11.7 Å². The molecule has 7 nitrogen and oxygen atoms in total. The number of benzene rings is 3. The van der Waals surface area contributed by atoms with Gasteiger partial charge in [0, 0.05) is 17.4 Å². The lowest BCUT2D eigenvalue weighted by Crippen LogP contribution is -2.38. The number of para-hydroxylation sites is 1. The van der Waals surface area contributed by atoms with Crippen molar-refractivity contribution in [1.82, 2.24) is 19.2 Å². The van der Waals surface area contributed by atoms with Gasteiger partial charge in [0.25, 0.3) is 0 Å². The van der Waals surface area contributed by atoms with Crippen LogP contribution in [-0.2, 0) is 6.54 Å². The quantitative estimate of drug-likeness (QED) is 0.308. The van der Waals surface area contributed by atoms with E-state index >= 15 is 0 Å². The van der Waals surface area contributed by atoms with E-state index in [1.807, 2.05) is 83.2 Å². The van der Waals surface area contributed by atoms with E-state index < -0.39 is 0 Å². The smallest absolute Gasteiger partial charge is 0.322 e. The molecule has 3 heterocycles. The molecule has 2 amide bonds. The maximum atomic E-state index is 14.0. The van der Waals surface area contributed by atoms with Gasteiger partial charge in [-0.2, -0.15) is 5.10 Å². The molecule has 190 valence electrons. The molecule has 1 unspecified atom stereocenters. The van der Waals surface area contributed by atoms with Crippen molar-refractivity contribution in [1.29, 1.82) is 0 Å². The monoisotopic (exact) mass is 503 g/mol. The molecule has 1 atom stereocenters. The van der Waals surface area contributed by atoms with E-state index in [0.29, 0.717) is 12.2 Å². The van der Waals surface area contributed by atoms with Crippen molar-refractivity contribution in [3.05, 3.63) is 125 Å². The van der Waals surface area contributed by atoms with Crippen molar-refractivity contribution in [3.8, 4) is 17.3 Å². The molecule has 0 bridgehead atoms. The summed E-state index contributed by atoms with van der Waals surface area (Å²) in [5.74, 6) is 1.69. The third-order valence-corrected chi connectivity index (χ3v) is 7.05. The second-order valence-electron chi connectivity index (χ2n) is 9.54. The number of nitrogens with zero attached hydrogens (tertiary/aromatic N) is 4. The highest BCUT2D eigenvalue weighted by Gasteiger charge is 2.36. The number of amides is 2. The van der Waals surface area contributed by atoms with Crippen molar-refractivity contribution in [2.45, 2.75) is 26.4 Å². The van der Waals surface area contributed by atoms with Gasteiger partial charge in [0.2, 0.25) is 0 Å². The highest BCUT2D eigenvalue weighted by molar-refractivity contribution is 5.90. The largest absolute Gasteiger partial charge is 0.497 e. The average molecular weight is 504 g/mol. The standard InChI is InChI=1S/C31H29N5O2/c1-21-9-7-10-23(19-21)29-28-13-8-18-34(28)30-27(22(2)33-36(30)25-11-5-4-6-12-25)20-35(29)31(37)32-24-14-16-26(38-3)17-15-24/h4-19,29H,20H2,1-3H3,(H,32,37). The van der Waals surface area contributed by atoms with Gasteiger partial charge in [-0.05, 0) is 67.9 Å². The van der Waals surface area contributed by atoms with Crippen LogP contribution in [0.4, 0.5) is 10.5 Å². The minimum absolute atomic E-state index is 0.186. The Labute approximate surface area is 221 Å². The normalized spacial score (nSPS) is 14.4. The summed E-state index contributed by atoms with van der Waals surface area (Å²) in [5, 5.41) is 8.03. The van der Waals surface area contributed by atoms with Crippen LogP contribution in [0.1, 0.15) is 34.1 Å². The first-order valence-electron chi connectivity index (χ1n) is 12.6. The molecule has 7 heteroatoms. The number of aromatic nitrogens is 3. The fraction of sp³-hybridized carbons (Fsp3) is 0.161. The molecule has 3 aromatic carbocycles. The fourth-order valence-electron chi connectivity index (χ4n) is 5.21. The van der Waals surface area contributed by atoms with Crippen LogP contribution in [-0.4, -0.2) is 32.4 Å². The van der Waals surface area contributed by atoms with Crippen LogP contribution in [0.15, 0.2) is 97.2 Å². The number of urea groups is 1. The van der Waals surface area contributed by atoms with Crippen LogP contribution >= 0.6 is 0 Å². The molecule has 5 aromatic rings. The van der Waals surface area contributed by atoms with Crippen molar-refractivity contribution in [2.75, 3.05) is 12.4 Å². The fourth-order valence-corrected chi connectivity index (χ4v) is 5.21. The highest BCUT2D eigenvalue weighted by Crippen LogP contribution is 2.39. The summed E-state index contributed by atoms with van der Waals surface area (Å²) in [6, 6.07) is 29.5. The molecule has 0 fully saturated rings. The minimum atomic E-state index is -0.306. The summed E-state index contributed by atoms with van der Waals surface area (Å²) in [7, 11) is 1.63. The van der Waals surface area contributed by atoms with E-state index in [2.05, 4.69) is 47.3 Å². The lowest BCUT2D eigenvalue weighted by Gasteiger charge is -2.31. The lowest BCUT2D eigenvalue weighted by atomic mass is 10.00. The number of methoxy groups -OCH3 is 1. The number of nitrogens with one attached hydrogen (secondary N) is 1. The first kappa shape index (κ1) is 23.6. The highest BCUT2D eigenvalue weighted by atomic mass is 16.5. The van der Waals surface area contributed by atoms with Crippen molar-refractivity contribution < 1.29 is 9.53 Å². The maximum Gasteiger partial charge on any atom is 0.322 e. The molecule has 0 saturated heterocycles. The average Bonchev–Trinajstić information content (AvgIpc) is 3.50. The molecule has 0 spiro atoms. The molecule has 0 aliphatic carbocycles. The van der Waals surface area contributed by atoms with E-state index in [1.165, 1.54) is 0 Å². The Kier molecular flexibility index (Phi) is 5.96. The van der Waals surface area contributed by atoms with E-state index in [0.717, 1.165) is 45.3 Å². The number of aryl methyl sites for hydroxylation is 2. The number of rotatable bonds is 4. The summed E-state index contributed by atoms with van der Waals surface area (Å²) < 4.78 is 9.43. The molecule has 38 heavy (non-hydrogen) atoms. The Morgan fingerprint density at radius 3 is 2.47 bits per heavy atom. The predicted molar refractivity (Wildman–Crippen MR) is 148 cm³/mol. The third-order valence-electron chi connectivity index (χ3n) is 7.05. The van der Waals surface area contributed by atoms with E-state index in [4.69, 9.17) is 9.84 Å². The van der Waals surface area contributed by atoms with Gasteiger partial charge < -0.3 is 19.5 Å². The molecule has 1 N–H and O–H groups in total. The van der Waals surface area contributed by atoms with Gasteiger partial charge in [-0.3, -0.25) is 0 Å². The summed E-state index contributed by atoms with van der Waals surface area (Å²) >= 11 is 0. The molecule has 1 aliphatic heterocycles. The summed E-state index contributed by atoms with van der Waals surface area (Å²) in [6.07, 6.45) is 2.06. The third kappa shape index (κ3) is 4.12. The van der Waals surface area contributed by atoms with Gasteiger partial charge >= 0.3 is 6.03 Å². The molecule has 6 rings (SSSR count). The summed E-state index contributed by atoms with van der Waals surface area (Å²) in [5.41, 5.74) is 6.76. The number of carbonyl (C=O) groups is 1. The second-order valence-corrected chi connectivity index (χ2v) is 9.54. The molecular formula is C31H29N5O2. The van der Waals surface area contributed by atoms with Crippen LogP contribution in [0.25, 0.3) is 11.5 Å². The van der Waals surface area contributed by atoms with Crippen LogP contribution in [0, 0.1) is 13.8 Å². The summed E-state index contributed by atoms with van der Waals surface area (Å²) in [4.78, 5) is 15.9. The Balaban J connectivity index is 1.51. The van der Waals surface area contributed by atoms with Crippen LogP contribution < -0.4 is 10.1 Å². The van der Waals surface area contributed by atoms with E-state index in [1.54, 1.807) is 7.11 Å². The van der Waals surface area contributed by atoms with Crippen molar-refractivity contribution in [2.24, 2.45) is 0 Å². The van der Waals surface area contributed by atoms with Gasteiger partial charge in [-0.15, -0.1) is 0 Å². The Morgan fingerprint density at radius 2 is 1.74 bits per heavy atom. The summed E-state index contributed by atoms with van der Waals surface area (Å²) in [6.45, 7) is 4.48. The second kappa shape index (κ2) is 9.59. The van der Waals surface area contributed by atoms with Crippen LogP contribution in [0.3, 0.4) is 0 Å². The van der Waals surface area contributed by atoms with Gasteiger partial charge in [0.15, 0.2) is 0 Å². The molecule has 1 aliphatic rings. The lowest BCUT2D eigenvalue weighted by molar-refractivity contribution is 0.194. The topological polar surface area (TPSA) is 64.3 Å². The zero-order chi connectivity index (χ0) is 26.2. The maximum absolute atomic E-state index is 14.0. The number of anilines is 1. The van der Waals surface area contributed by atoms with Gasteiger partial charge in [-0.1, -0.05) is 48.0 Å². The van der Waals surface area contributed by atoms with Crippen molar-refractivity contribution in [3.63, 3.8) is 0 Å². The number of hydrogen-bond donors (Lipinski definition) is 1. The molecule has 0 radical (unpaired) electrons. The zero-order valence-corrected chi connectivity index (χ0v) is 21.6. The zero-order valence-electron chi connectivity index (χ0n) is 21.6. The van der Waals surface area contributed by atoms with Crippen LogP contribution in [0.2, 0.25) is 0 Å². The Morgan fingerprint density at radius 1 is 0.947 bits per heavy atom. The van der Waals surface area contributed by atoms with Gasteiger partial charge in [-0.25, -0.2) is 9.48 Å². The number of ether oxygens (including phenoxy) is 1. The minimum Gasteiger partial charge on any atom is -0.497 e. The SMILES string of the molecule is COc1ccc(NC(=O)N2Cc3c(C)nn(-c4ccccc4)c3-n3cccc3C2c2cccc(C)c2)cc1. The number of hydrogen-bond acceptors (Lipinski definition) is 3. The molecule has 2 aromatic heterocycles. The van der Waals surface area contributed by atoms with Crippen LogP contribution in [0.5, 0.6) is 5.75 Å². The Bertz CT molecular complexity index is 1600. The first-order chi connectivity index (χ1) is 18.5. The predicted octanol–water partition coefficient (Wildman–Crippen LogP) is 6.43. The number of fused-ring (bicyclic) bond motifs is 3. The molecular weight excluding hydrogens is 474 g/mol. The number of carbonyl (C=O) groups excluding carboxylic acids is 1. The van der Waals surface area contributed by atoms with Gasteiger partial charge in [0.1, 0.15) is 11.6 Å². The van der Waals surface area contributed by atoms with E-state index in [9.17, 15) is 4.79 Å². The Hall–Kier alpha value is -4.78. The van der Waals surface area contributed by atoms with E-state index in [-0.39, 0.29) is 12.1 Å². The first-order valence-corrected chi connectivity index (χ1v) is 12.6. The van der Waals surface area contributed by atoms with Gasteiger partial charge in [0.05, 0.1) is 36.8 Å².